The number of fused-ring (bicyclic) bond motifs is 4. The van der Waals surface area contributed by atoms with E-state index in [9.17, 15) is 38.4 Å². The van der Waals surface area contributed by atoms with E-state index in [0.29, 0.717) is 120 Å². The lowest BCUT2D eigenvalue weighted by molar-refractivity contribution is -0.150. The van der Waals surface area contributed by atoms with Gasteiger partial charge in [-0.1, -0.05) is 176 Å². The molecule has 502 valence electrons. The van der Waals surface area contributed by atoms with Crippen molar-refractivity contribution in [2.24, 2.45) is 23.7 Å². The highest BCUT2D eigenvalue weighted by Gasteiger charge is 2.28. The van der Waals surface area contributed by atoms with Gasteiger partial charge in [0, 0.05) is 104 Å². The Morgan fingerprint density at radius 3 is 0.880 bits per heavy atom. The van der Waals surface area contributed by atoms with E-state index in [0.717, 1.165) is 94.6 Å². The fourth-order valence-corrected chi connectivity index (χ4v) is 12.2. The van der Waals surface area contributed by atoms with Gasteiger partial charge in [-0.2, -0.15) is 0 Å². The molecule has 0 amide bonds. The average Bonchev–Trinajstić information content (AvgIpc) is 2.04. The van der Waals surface area contributed by atoms with Gasteiger partial charge in [0.05, 0.1) is 0 Å². The first kappa shape index (κ1) is 75.9. The Balaban J connectivity index is 1.24. The molecule has 4 aliphatic carbocycles. The lowest BCUT2D eigenvalue weighted by Crippen LogP contribution is -2.18. The summed E-state index contributed by atoms with van der Waals surface area (Å²) in [6.07, 6.45) is 64.3. The zero-order valence-corrected chi connectivity index (χ0v) is 56.3. The van der Waals surface area contributed by atoms with E-state index in [1.807, 2.05) is 54.7 Å². The predicted molar refractivity (Wildman–Crippen MR) is 368 cm³/mol. The SMILES string of the molecule is CC/C=C\C[C@H]1CC=C2C(=O)C=C[C@@H]2CC=CCCCC(=O)O[C@@H](CCCCC)CC=C2C(=O)C=C[C@@H]2CC=CCCCC(=O)O[C@@H](CCCCC)CC=C2C(=O)C=C[C@@H]2CC=CCCCC(=O)O[C@@H](CCCCC)CC=C2C(=O)C=C[C@@H]2CC=CCCCC(=O)O1. The van der Waals surface area contributed by atoms with Crippen LogP contribution in [0.5, 0.6) is 0 Å². The number of unbranched alkanes of at least 4 members (excludes halogenated alkanes) is 6. The Hall–Kier alpha value is -6.82. The van der Waals surface area contributed by atoms with Gasteiger partial charge in [0.2, 0.25) is 0 Å². The third-order valence-electron chi connectivity index (χ3n) is 17.7. The maximum Gasteiger partial charge on any atom is 0.306 e. The molecule has 8 atom stereocenters. The van der Waals surface area contributed by atoms with Gasteiger partial charge in [0.1, 0.15) is 24.4 Å². The van der Waals surface area contributed by atoms with E-state index < -0.39 is 6.10 Å². The molecule has 92 heavy (non-hydrogen) atoms. The molecule has 5 aliphatic rings. The first-order valence-corrected chi connectivity index (χ1v) is 35.5. The van der Waals surface area contributed by atoms with Crippen molar-refractivity contribution in [1.29, 1.82) is 0 Å². The van der Waals surface area contributed by atoms with E-state index in [-0.39, 0.29) is 115 Å². The molecule has 0 radical (unpaired) electrons. The van der Waals surface area contributed by atoms with Gasteiger partial charge >= 0.3 is 23.9 Å². The standard InChI is InChI=1S/C80H110O12/c1-5-9-21-37-65-49-53-69-61(45-57-73(69)81)33-25-14-18-30-42-78(86)90-67(39-23-11-7-3)51-55-71-63(47-59-75(71)83)35-27-16-20-32-44-80(88)92-68(40-24-12-8-4)52-56-72-64(48-60-76(72)84)36-28-15-19-31-43-79(87)91-66(38-22-10-6-2)50-54-70-62(46-58-74(70)82)34-26-13-17-29-41-77(85)89-65/h9,13-16,21,25-28,45-48,53-68H,5-8,10-12,17-20,22-24,29-44,49-52H2,1-4H3/b21-9-,25-14?,26-13?,27-16?,28-15?,69-53?,70-54?,71-55?,72-56?/t61-,62-,63-,64-,65-,66-,67-,68-/m0/s1. The second kappa shape index (κ2) is 45.5. The summed E-state index contributed by atoms with van der Waals surface area (Å²) in [4.78, 5) is 105. The van der Waals surface area contributed by atoms with Gasteiger partial charge in [-0.3, -0.25) is 38.4 Å². The third-order valence-corrected chi connectivity index (χ3v) is 17.7. The molecule has 0 N–H and O–H groups in total. The summed E-state index contributed by atoms with van der Waals surface area (Å²) >= 11 is 0. The lowest BCUT2D eigenvalue weighted by atomic mass is 9.95. The van der Waals surface area contributed by atoms with Crippen molar-refractivity contribution in [3.63, 3.8) is 0 Å². The molecule has 0 saturated heterocycles. The van der Waals surface area contributed by atoms with Gasteiger partial charge in [-0.25, -0.2) is 0 Å². The minimum Gasteiger partial charge on any atom is -0.462 e. The Kier molecular flexibility index (Phi) is 37.5. The number of esters is 4. The Morgan fingerprint density at radius 2 is 0.609 bits per heavy atom. The number of carbonyl (C=O) groups excluding carboxylic acids is 8. The van der Waals surface area contributed by atoms with Crippen molar-refractivity contribution in [3.05, 3.63) is 156 Å². The quantitative estimate of drug-likeness (QED) is 0.0658. The summed E-state index contributed by atoms with van der Waals surface area (Å²) in [5.74, 6) is -1.46. The van der Waals surface area contributed by atoms with Crippen molar-refractivity contribution in [2.45, 2.75) is 270 Å². The summed E-state index contributed by atoms with van der Waals surface area (Å²) in [7, 11) is 0. The molecule has 0 fully saturated rings. The number of ether oxygens (including phenoxy) is 4. The molecule has 0 aromatic rings. The monoisotopic (exact) mass is 1260 g/mol. The number of carbonyl (C=O) groups is 8. The van der Waals surface area contributed by atoms with Crippen molar-refractivity contribution >= 4 is 47.0 Å². The first-order valence-electron chi connectivity index (χ1n) is 35.5. The smallest absolute Gasteiger partial charge is 0.306 e. The minimum atomic E-state index is -0.411. The van der Waals surface area contributed by atoms with Crippen LogP contribution in [0.2, 0.25) is 0 Å². The van der Waals surface area contributed by atoms with Gasteiger partial charge in [-0.15, -0.1) is 0 Å². The van der Waals surface area contributed by atoms with Crippen LogP contribution in [0.15, 0.2) is 156 Å². The topological polar surface area (TPSA) is 173 Å². The van der Waals surface area contributed by atoms with Crippen LogP contribution in [-0.4, -0.2) is 71.4 Å². The van der Waals surface area contributed by atoms with Crippen molar-refractivity contribution in [3.8, 4) is 0 Å². The molecule has 0 spiro atoms. The van der Waals surface area contributed by atoms with Crippen molar-refractivity contribution in [1.82, 2.24) is 0 Å². The predicted octanol–water partition coefficient (Wildman–Crippen LogP) is 18.5. The lowest BCUT2D eigenvalue weighted by Gasteiger charge is -2.18. The molecule has 0 bridgehead atoms. The molecule has 12 nitrogen and oxygen atoms in total. The van der Waals surface area contributed by atoms with Gasteiger partial charge in [0.25, 0.3) is 0 Å². The zero-order valence-electron chi connectivity index (χ0n) is 56.3. The molecule has 5 rings (SSSR count). The maximum absolute atomic E-state index is 13.2. The third kappa shape index (κ3) is 29.9. The zero-order chi connectivity index (χ0) is 66.0. The van der Waals surface area contributed by atoms with Crippen LogP contribution in [0.25, 0.3) is 0 Å². The Morgan fingerprint density at radius 1 is 0.337 bits per heavy atom. The Labute approximate surface area is 551 Å². The maximum atomic E-state index is 13.2. The average molecular weight is 1260 g/mol. The second-order valence-electron chi connectivity index (χ2n) is 25.3. The summed E-state index contributed by atoms with van der Waals surface area (Å²) < 4.78 is 24.2. The molecular formula is C80H110O12. The van der Waals surface area contributed by atoms with Crippen LogP contribution in [0.4, 0.5) is 0 Å². The van der Waals surface area contributed by atoms with E-state index in [4.69, 9.17) is 18.9 Å². The van der Waals surface area contributed by atoms with Crippen LogP contribution in [-0.2, 0) is 57.3 Å². The first-order chi connectivity index (χ1) is 44.8. The van der Waals surface area contributed by atoms with Gasteiger partial charge in [0.15, 0.2) is 23.1 Å². The molecule has 1 heterocycles. The van der Waals surface area contributed by atoms with E-state index in [2.05, 4.69) is 82.4 Å². The number of hydrogen-bond donors (Lipinski definition) is 0. The highest BCUT2D eigenvalue weighted by Crippen LogP contribution is 2.32. The summed E-state index contributed by atoms with van der Waals surface area (Å²) in [5.41, 5.74) is 2.85. The second-order valence-corrected chi connectivity index (χ2v) is 25.3. The molecule has 0 aromatic carbocycles. The van der Waals surface area contributed by atoms with Gasteiger partial charge < -0.3 is 18.9 Å². The van der Waals surface area contributed by atoms with E-state index >= 15 is 0 Å². The molecule has 12 heteroatoms. The van der Waals surface area contributed by atoms with E-state index in [1.54, 1.807) is 24.3 Å². The normalized spacial score (nSPS) is 26.0. The number of rotatable bonds is 15. The molecular weight excluding hydrogens is 1150 g/mol. The Bertz CT molecular complexity index is 2770. The fraction of sp³-hybridized carbons (Fsp3) is 0.575. The van der Waals surface area contributed by atoms with Crippen LogP contribution in [0.1, 0.15) is 246 Å². The van der Waals surface area contributed by atoms with Crippen molar-refractivity contribution in [2.75, 3.05) is 0 Å². The fourth-order valence-electron chi connectivity index (χ4n) is 12.2. The van der Waals surface area contributed by atoms with Crippen LogP contribution < -0.4 is 0 Å². The van der Waals surface area contributed by atoms with Gasteiger partial charge in [-0.05, 0) is 146 Å². The molecule has 1 aliphatic heterocycles. The number of hydrogen-bond acceptors (Lipinski definition) is 12. The summed E-state index contributed by atoms with van der Waals surface area (Å²) in [6.45, 7) is 8.47. The molecule has 0 aromatic heterocycles. The molecule has 0 unspecified atom stereocenters. The number of ketones is 4. The van der Waals surface area contributed by atoms with Crippen molar-refractivity contribution < 1.29 is 57.3 Å². The van der Waals surface area contributed by atoms with Crippen LogP contribution in [0.3, 0.4) is 0 Å². The largest absolute Gasteiger partial charge is 0.462 e. The van der Waals surface area contributed by atoms with Crippen LogP contribution >= 0.6 is 0 Å². The minimum absolute atomic E-state index is 0.0198. The summed E-state index contributed by atoms with van der Waals surface area (Å²) in [6, 6.07) is 0. The number of cyclic esters (lactones) is 4. The summed E-state index contributed by atoms with van der Waals surface area (Å²) in [5, 5.41) is 0. The highest BCUT2D eigenvalue weighted by atomic mass is 16.6. The van der Waals surface area contributed by atoms with Crippen LogP contribution in [0, 0.1) is 23.7 Å². The van der Waals surface area contributed by atoms with E-state index in [1.165, 1.54) is 0 Å². The highest BCUT2D eigenvalue weighted by molar-refractivity contribution is 6.08. The number of allylic oxidation sites excluding steroid dienone is 21. The molecule has 0 saturated carbocycles.